The van der Waals surface area contributed by atoms with Crippen molar-refractivity contribution in [3.63, 3.8) is 0 Å². The minimum atomic E-state index is -0.0612. The molecule has 4 rings (SSSR count). The molecule has 4 atom stereocenters. The molecule has 1 aromatic carbocycles. The Bertz CT molecular complexity index is 644. The summed E-state index contributed by atoms with van der Waals surface area (Å²) in [5, 5.41) is 0. The summed E-state index contributed by atoms with van der Waals surface area (Å²) in [4.78, 5) is 0. The van der Waals surface area contributed by atoms with Gasteiger partial charge in [0.15, 0.2) is 0 Å². The molecule has 174 valence electrons. The molecule has 3 fully saturated rings. The van der Waals surface area contributed by atoms with Crippen LogP contribution >= 0.6 is 0 Å². The van der Waals surface area contributed by atoms with Gasteiger partial charge in [0.25, 0.3) is 0 Å². The third-order valence-electron chi connectivity index (χ3n) is 9.46. The van der Waals surface area contributed by atoms with Gasteiger partial charge in [0.05, 0.1) is 0 Å². The number of halogens is 1. The molecule has 3 aliphatic rings. The van der Waals surface area contributed by atoms with Crippen molar-refractivity contribution < 1.29 is 4.39 Å². The molecule has 31 heavy (non-hydrogen) atoms. The lowest BCUT2D eigenvalue weighted by atomic mass is 9.63. The van der Waals surface area contributed by atoms with E-state index in [0.717, 1.165) is 29.6 Å². The second kappa shape index (κ2) is 11.9. The van der Waals surface area contributed by atoms with Crippen molar-refractivity contribution in [3.05, 3.63) is 35.6 Å². The van der Waals surface area contributed by atoms with Gasteiger partial charge in [-0.1, -0.05) is 96.1 Å². The predicted molar refractivity (Wildman–Crippen MR) is 131 cm³/mol. The van der Waals surface area contributed by atoms with Gasteiger partial charge in [0.1, 0.15) is 5.82 Å². The highest BCUT2D eigenvalue weighted by atomic mass is 19.1. The van der Waals surface area contributed by atoms with Gasteiger partial charge >= 0.3 is 0 Å². The first-order valence-electron chi connectivity index (χ1n) is 14.0. The highest BCUT2D eigenvalue weighted by Gasteiger charge is 2.36. The Kier molecular flexibility index (Phi) is 8.91. The third-order valence-corrected chi connectivity index (χ3v) is 9.46. The van der Waals surface area contributed by atoms with Crippen LogP contribution in [0.15, 0.2) is 24.3 Å². The minimum absolute atomic E-state index is 0.0612. The zero-order valence-corrected chi connectivity index (χ0v) is 20.2. The van der Waals surface area contributed by atoms with Gasteiger partial charge in [-0.3, -0.25) is 0 Å². The number of benzene rings is 1. The molecular formula is C30H47F. The largest absolute Gasteiger partial charge is 0.207 e. The molecule has 3 aliphatic carbocycles. The van der Waals surface area contributed by atoms with E-state index in [9.17, 15) is 4.39 Å². The standard InChI is InChI=1S/C30H47F/c1-2-3-4-5-7-23-10-12-24(13-11-23)14-15-25-16-17-28-21-29(19-18-27(28)20-25)26-8-6-9-30(31)22-26/h6,8-9,22-25,27-29H,2-5,7,10-21H2,1H3. The first-order chi connectivity index (χ1) is 15.2. The number of rotatable bonds is 9. The summed E-state index contributed by atoms with van der Waals surface area (Å²) in [6.45, 7) is 2.32. The number of hydrogen-bond donors (Lipinski definition) is 0. The number of unbranched alkanes of at least 4 members (excludes halogenated alkanes) is 3. The lowest BCUT2D eigenvalue weighted by molar-refractivity contribution is 0.108. The van der Waals surface area contributed by atoms with E-state index in [1.807, 2.05) is 6.07 Å². The predicted octanol–water partition coefficient (Wildman–Crippen LogP) is 9.68. The molecule has 3 saturated carbocycles. The summed E-state index contributed by atoms with van der Waals surface area (Å²) in [6, 6.07) is 7.42. The van der Waals surface area contributed by atoms with Crippen LogP contribution in [0.5, 0.6) is 0 Å². The second-order valence-corrected chi connectivity index (χ2v) is 11.6. The SMILES string of the molecule is CCCCCCC1CCC(CCC2CCC3CC(c4cccc(F)c4)CCC3C2)CC1. The molecule has 0 spiro atoms. The molecule has 0 heterocycles. The molecule has 4 unspecified atom stereocenters. The van der Waals surface area contributed by atoms with Gasteiger partial charge in [-0.25, -0.2) is 4.39 Å². The summed E-state index contributed by atoms with van der Waals surface area (Å²) >= 11 is 0. The average molecular weight is 427 g/mol. The first-order valence-corrected chi connectivity index (χ1v) is 14.0. The van der Waals surface area contributed by atoms with Crippen molar-refractivity contribution >= 4 is 0 Å². The summed E-state index contributed by atoms with van der Waals surface area (Å²) in [6.07, 6.45) is 24.7. The third kappa shape index (κ3) is 6.82. The van der Waals surface area contributed by atoms with E-state index in [0.29, 0.717) is 5.92 Å². The van der Waals surface area contributed by atoms with Crippen LogP contribution in [0.1, 0.15) is 128 Å². The van der Waals surface area contributed by atoms with E-state index in [2.05, 4.69) is 13.0 Å². The second-order valence-electron chi connectivity index (χ2n) is 11.6. The van der Waals surface area contributed by atoms with Gasteiger partial charge in [0.2, 0.25) is 0 Å². The minimum Gasteiger partial charge on any atom is -0.207 e. The van der Waals surface area contributed by atoms with E-state index in [1.54, 1.807) is 12.1 Å². The summed E-state index contributed by atoms with van der Waals surface area (Å²) in [5.41, 5.74) is 1.25. The summed E-state index contributed by atoms with van der Waals surface area (Å²) in [7, 11) is 0. The fourth-order valence-electron chi connectivity index (χ4n) is 7.45. The normalized spacial score (nSPS) is 33.7. The van der Waals surface area contributed by atoms with Gasteiger partial charge in [-0.15, -0.1) is 0 Å². The molecule has 1 aromatic rings. The lowest BCUT2D eigenvalue weighted by Gasteiger charge is -2.42. The number of hydrogen-bond acceptors (Lipinski definition) is 0. The molecule has 0 saturated heterocycles. The molecule has 0 N–H and O–H groups in total. The van der Waals surface area contributed by atoms with Crippen LogP contribution in [-0.2, 0) is 0 Å². The molecule has 0 nitrogen and oxygen atoms in total. The van der Waals surface area contributed by atoms with Gasteiger partial charge in [0, 0.05) is 0 Å². The van der Waals surface area contributed by atoms with Gasteiger partial charge in [-0.05, 0) is 85.3 Å². The Morgan fingerprint density at radius 3 is 2.16 bits per heavy atom. The van der Waals surface area contributed by atoms with E-state index >= 15 is 0 Å². The molecule has 0 aliphatic heterocycles. The van der Waals surface area contributed by atoms with E-state index in [1.165, 1.54) is 115 Å². The van der Waals surface area contributed by atoms with Crippen LogP contribution in [0.2, 0.25) is 0 Å². The quantitative estimate of drug-likeness (QED) is 0.345. The number of fused-ring (bicyclic) bond motifs is 1. The average Bonchev–Trinajstić information content (AvgIpc) is 2.81. The smallest absolute Gasteiger partial charge is 0.123 e. The Morgan fingerprint density at radius 1 is 0.710 bits per heavy atom. The first kappa shape index (κ1) is 23.3. The zero-order chi connectivity index (χ0) is 21.5. The molecule has 0 bridgehead atoms. The highest BCUT2D eigenvalue weighted by Crippen LogP contribution is 2.49. The summed E-state index contributed by atoms with van der Waals surface area (Å²) < 4.78 is 13.6. The molecule has 0 amide bonds. The van der Waals surface area contributed by atoms with Gasteiger partial charge < -0.3 is 0 Å². The maximum atomic E-state index is 13.6. The topological polar surface area (TPSA) is 0 Å². The van der Waals surface area contributed by atoms with Crippen LogP contribution < -0.4 is 0 Å². The summed E-state index contributed by atoms with van der Waals surface area (Å²) in [5.74, 6) is 5.49. The Labute approximate surface area is 191 Å². The molecule has 1 heteroatoms. The fraction of sp³-hybridized carbons (Fsp3) is 0.800. The molecular weight excluding hydrogens is 379 g/mol. The van der Waals surface area contributed by atoms with Crippen molar-refractivity contribution in [1.82, 2.24) is 0 Å². The maximum Gasteiger partial charge on any atom is 0.123 e. The van der Waals surface area contributed by atoms with E-state index in [-0.39, 0.29) is 5.82 Å². The van der Waals surface area contributed by atoms with E-state index in [4.69, 9.17) is 0 Å². The van der Waals surface area contributed by atoms with Crippen LogP contribution in [0.25, 0.3) is 0 Å². The van der Waals surface area contributed by atoms with Crippen molar-refractivity contribution in [2.45, 2.75) is 122 Å². The van der Waals surface area contributed by atoms with Crippen LogP contribution in [0.4, 0.5) is 4.39 Å². The Balaban J connectivity index is 1.13. The maximum absolute atomic E-state index is 13.6. The fourth-order valence-corrected chi connectivity index (χ4v) is 7.45. The van der Waals surface area contributed by atoms with Crippen LogP contribution in [0, 0.1) is 35.4 Å². The Morgan fingerprint density at radius 2 is 1.39 bits per heavy atom. The zero-order valence-electron chi connectivity index (χ0n) is 20.2. The highest BCUT2D eigenvalue weighted by molar-refractivity contribution is 5.21. The lowest BCUT2D eigenvalue weighted by Crippen LogP contribution is -2.30. The Hall–Kier alpha value is -0.850. The van der Waals surface area contributed by atoms with Gasteiger partial charge in [-0.2, -0.15) is 0 Å². The van der Waals surface area contributed by atoms with Crippen molar-refractivity contribution in [2.75, 3.05) is 0 Å². The van der Waals surface area contributed by atoms with Crippen LogP contribution in [0.3, 0.4) is 0 Å². The molecule has 0 aromatic heterocycles. The van der Waals surface area contributed by atoms with Crippen molar-refractivity contribution in [1.29, 1.82) is 0 Å². The van der Waals surface area contributed by atoms with E-state index < -0.39 is 0 Å². The molecule has 0 radical (unpaired) electrons. The monoisotopic (exact) mass is 426 g/mol. The van der Waals surface area contributed by atoms with Crippen LogP contribution in [-0.4, -0.2) is 0 Å². The van der Waals surface area contributed by atoms with Crippen molar-refractivity contribution in [3.8, 4) is 0 Å². The van der Waals surface area contributed by atoms with Crippen molar-refractivity contribution in [2.24, 2.45) is 29.6 Å².